The Morgan fingerprint density at radius 1 is 1.50 bits per heavy atom. The van der Waals surface area contributed by atoms with Crippen molar-refractivity contribution in [3.8, 4) is 0 Å². The molecule has 2 aromatic heterocycles. The molecule has 128 valence electrons. The lowest BCUT2D eigenvalue weighted by atomic mass is 9.99. The van der Waals surface area contributed by atoms with Crippen LogP contribution >= 0.6 is 11.3 Å². The summed E-state index contributed by atoms with van der Waals surface area (Å²) in [6.07, 6.45) is 2.52. The maximum atomic E-state index is 12.5. The number of likely N-dealkylation sites (tertiary alicyclic amines) is 1. The van der Waals surface area contributed by atoms with Gasteiger partial charge < -0.3 is 14.5 Å². The molecule has 24 heavy (non-hydrogen) atoms. The van der Waals surface area contributed by atoms with E-state index in [1.54, 1.807) is 17.6 Å². The Balaban J connectivity index is 1.33. The molecule has 1 amide bonds. The van der Waals surface area contributed by atoms with Crippen molar-refractivity contribution in [2.24, 2.45) is 5.92 Å². The predicted octanol–water partition coefficient (Wildman–Crippen LogP) is 1.95. The molecule has 2 aliphatic rings. The van der Waals surface area contributed by atoms with Crippen molar-refractivity contribution in [3.05, 3.63) is 40.2 Å². The molecule has 0 radical (unpaired) electrons. The zero-order chi connectivity index (χ0) is 16.5. The van der Waals surface area contributed by atoms with E-state index in [1.807, 2.05) is 19.1 Å². The SMILES string of the molecule is Cc1nc(CN2CC3CC(C(=O)NCc4ccco4)C(C2)O3)cs1. The van der Waals surface area contributed by atoms with Crippen molar-refractivity contribution in [2.75, 3.05) is 13.1 Å². The summed E-state index contributed by atoms with van der Waals surface area (Å²) in [5.74, 6) is 0.753. The van der Waals surface area contributed by atoms with E-state index in [0.717, 1.165) is 42.5 Å². The van der Waals surface area contributed by atoms with Gasteiger partial charge in [-0.25, -0.2) is 4.98 Å². The lowest BCUT2D eigenvalue weighted by Gasteiger charge is -2.32. The molecule has 0 saturated carbocycles. The average Bonchev–Trinajstić information content (AvgIpc) is 3.27. The van der Waals surface area contributed by atoms with Gasteiger partial charge in [-0.1, -0.05) is 0 Å². The number of carbonyl (C=O) groups is 1. The van der Waals surface area contributed by atoms with Crippen molar-refractivity contribution in [3.63, 3.8) is 0 Å². The third kappa shape index (κ3) is 3.38. The molecule has 0 spiro atoms. The maximum absolute atomic E-state index is 12.5. The van der Waals surface area contributed by atoms with Gasteiger partial charge in [0.1, 0.15) is 5.76 Å². The minimum absolute atomic E-state index is 0.0277. The van der Waals surface area contributed by atoms with Gasteiger partial charge in [0.05, 0.1) is 41.6 Å². The summed E-state index contributed by atoms with van der Waals surface area (Å²) < 4.78 is 11.3. The molecule has 0 aromatic carbocycles. The number of nitrogens with zero attached hydrogens (tertiary/aromatic N) is 2. The minimum Gasteiger partial charge on any atom is -0.467 e. The Bertz CT molecular complexity index is 700. The topological polar surface area (TPSA) is 67.6 Å². The van der Waals surface area contributed by atoms with E-state index >= 15 is 0 Å². The highest BCUT2D eigenvalue weighted by atomic mass is 32.1. The zero-order valence-corrected chi connectivity index (χ0v) is 14.4. The molecule has 3 unspecified atom stereocenters. The lowest BCUT2D eigenvalue weighted by Crippen LogP contribution is -2.45. The van der Waals surface area contributed by atoms with E-state index in [9.17, 15) is 4.79 Å². The number of hydrogen-bond donors (Lipinski definition) is 1. The van der Waals surface area contributed by atoms with Crippen molar-refractivity contribution in [1.29, 1.82) is 0 Å². The van der Waals surface area contributed by atoms with Crippen LogP contribution in [0.15, 0.2) is 28.2 Å². The largest absolute Gasteiger partial charge is 0.467 e. The average molecular weight is 347 g/mol. The molecule has 0 aliphatic carbocycles. The molecule has 2 fully saturated rings. The van der Waals surface area contributed by atoms with Gasteiger partial charge in [-0.2, -0.15) is 0 Å². The van der Waals surface area contributed by atoms with Gasteiger partial charge in [0.25, 0.3) is 0 Å². The number of fused-ring (bicyclic) bond motifs is 2. The number of furan rings is 1. The molecule has 2 saturated heterocycles. The minimum atomic E-state index is -0.0767. The Kier molecular flexibility index (Phi) is 4.39. The summed E-state index contributed by atoms with van der Waals surface area (Å²) in [4.78, 5) is 19.4. The number of ether oxygens (including phenoxy) is 1. The number of hydrogen-bond acceptors (Lipinski definition) is 6. The normalized spacial score (nSPS) is 26.6. The van der Waals surface area contributed by atoms with Crippen LogP contribution in [0.1, 0.15) is 22.9 Å². The van der Waals surface area contributed by atoms with Gasteiger partial charge in [0.15, 0.2) is 0 Å². The van der Waals surface area contributed by atoms with Gasteiger partial charge in [-0.3, -0.25) is 9.69 Å². The van der Waals surface area contributed by atoms with Gasteiger partial charge in [0.2, 0.25) is 5.91 Å². The molecule has 6 nitrogen and oxygen atoms in total. The second-order valence-electron chi connectivity index (χ2n) is 6.49. The van der Waals surface area contributed by atoms with Crippen LogP contribution in [0.2, 0.25) is 0 Å². The standard InChI is InChI=1S/C17H21N3O3S/c1-11-19-12(10-24-11)7-20-8-14-5-15(16(9-20)23-14)17(21)18-6-13-3-2-4-22-13/h2-4,10,14-16H,5-9H2,1H3,(H,18,21). The molecule has 2 aliphatic heterocycles. The number of rotatable bonds is 5. The monoisotopic (exact) mass is 347 g/mol. The summed E-state index contributed by atoms with van der Waals surface area (Å²) in [5, 5.41) is 6.17. The zero-order valence-electron chi connectivity index (χ0n) is 13.6. The highest BCUT2D eigenvalue weighted by molar-refractivity contribution is 7.09. The molecule has 4 rings (SSSR count). The highest BCUT2D eigenvalue weighted by Gasteiger charge is 2.44. The molecule has 4 heterocycles. The van der Waals surface area contributed by atoms with Crippen molar-refractivity contribution in [1.82, 2.24) is 15.2 Å². The van der Waals surface area contributed by atoms with Crippen molar-refractivity contribution < 1.29 is 13.9 Å². The highest BCUT2D eigenvalue weighted by Crippen LogP contribution is 2.32. The number of carbonyl (C=O) groups excluding carboxylic acids is 1. The van der Waals surface area contributed by atoms with E-state index < -0.39 is 0 Å². The van der Waals surface area contributed by atoms with Crippen LogP contribution in [0.5, 0.6) is 0 Å². The van der Waals surface area contributed by atoms with Gasteiger partial charge in [-0.15, -0.1) is 11.3 Å². The number of morpholine rings is 1. The lowest BCUT2D eigenvalue weighted by molar-refractivity contribution is -0.128. The Morgan fingerprint density at radius 3 is 3.17 bits per heavy atom. The van der Waals surface area contributed by atoms with Gasteiger partial charge in [-0.05, 0) is 25.5 Å². The van der Waals surface area contributed by atoms with E-state index in [2.05, 4.69) is 20.6 Å². The smallest absolute Gasteiger partial charge is 0.226 e. The van der Waals surface area contributed by atoms with Crippen molar-refractivity contribution in [2.45, 2.75) is 38.6 Å². The Labute approximate surface area is 144 Å². The molecule has 1 N–H and O–H groups in total. The number of aromatic nitrogens is 1. The third-order valence-corrected chi connectivity index (χ3v) is 5.46. The fourth-order valence-corrected chi connectivity index (χ4v) is 4.17. The third-order valence-electron chi connectivity index (χ3n) is 4.64. The quantitative estimate of drug-likeness (QED) is 0.895. The molecule has 3 atom stereocenters. The summed E-state index contributed by atoms with van der Waals surface area (Å²) in [7, 11) is 0. The Hall–Kier alpha value is -1.70. The number of nitrogens with one attached hydrogen (secondary N) is 1. The molecule has 7 heteroatoms. The summed E-state index contributed by atoms with van der Waals surface area (Å²) >= 11 is 1.68. The van der Waals surface area contributed by atoms with Crippen LogP contribution in [0.3, 0.4) is 0 Å². The Morgan fingerprint density at radius 2 is 2.42 bits per heavy atom. The molecular formula is C17H21N3O3S. The van der Waals surface area contributed by atoms with E-state index in [4.69, 9.17) is 9.15 Å². The van der Waals surface area contributed by atoms with Gasteiger partial charge in [0, 0.05) is 25.0 Å². The maximum Gasteiger partial charge on any atom is 0.226 e. The molecular weight excluding hydrogens is 326 g/mol. The predicted molar refractivity (Wildman–Crippen MR) is 89.5 cm³/mol. The van der Waals surface area contributed by atoms with Crippen LogP contribution in [-0.4, -0.2) is 41.1 Å². The van der Waals surface area contributed by atoms with E-state index in [1.165, 1.54) is 0 Å². The van der Waals surface area contributed by atoms with E-state index in [0.29, 0.717) is 6.54 Å². The summed E-state index contributed by atoms with van der Waals surface area (Å²) in [6.45, 7) is 4.94. The molecule has 2 aromatic rings. The summed E-state index contributed by atoms with van der Waals surface area (Å²) in [6, 6.07) is 3.69. The van der Waals surface area contributed by atoms with Crippen LogP contribution in [0, 0.1) is 12.8 Å². The first-order valence-electron chi connectivity index (χ1n) is 8.26. The number of aryl methyl sites for hydroxylation is 1. The first kappa shape index (κ1) is 15.8. The fourth-order valence-electron chi connectivity index (χ4n) is 3.57. The number of amides is 1. The van der Waals surface area contributed by atoms with Crippen LogP contribution < -0.4 is 5.32 Å². The second-order valence-corrected chi connectivity index (χ2v) is 7.55. The second kappa shape index (κ2) is 6.66. The van der Waals surface area contributed by atoms with Crippen LogP contribution in [-0.2, 0) is 22.6 Å². The van der Waals surface area contributed by atoms with Crippen LogP contribution in [0.4, 0.5) is 0 Å². The van der Waals surface area contributed by atoms with Crippen molar-refractivity contribution >= 4 is 17.2 Å². The fraction of sp³-hybridized carbons (Fsp3) is 0.529. The first-order valence-corrected chi connectivity index (χ1v) is 9.14. The summed E-state index contributed by atoms with van der Waals surface area (Å²) in [5.41, 5.74) is 1.11. The first-order chi connectivity index (χ1) is 11.7. The van der Waals surface area contributed by atoms with Crippen LogP contribution in [0.25, 0.3) is 0 Å². The molecule has 2 bridgehead atoms. The number of thiazole rings is 1. The van der Waals surface area contributed by atoms with E-state index in [-0.39, 0.29) is 24.0 Å². The van der Waals surface area contributed by atoms with Gasteiger partial charge >= 0.3 is 0 Å².